The number of rotatable bonds is 4. The SMILES string of the molecule is C[C@@H]1CNC[C@H]1C(=O)N(CC(=O)O)c1ccccc1. The van der Waals surface area contributed by atoms with Gasteiger partial charge in [-0.2, -0.15) is 0 Å². The van der Waals surface area contributed by atoms with Crippen molar-refractivity contribution in [1.82, 2.24) is 5.32 Å². The van der Waals surface area contributed by atoms with Crippen molar-refractivity contribution in [2.24, 2.45) is 11.8 Å². The number of benzene rings is 1. The Morgan fingerprint density at radius 3 is 2.53 bits per heavy atom. The summed E-state index contributed by atoms with van der Waals surface area (Å²) in [6.07, 6.45) is 0. The average Bonchev–Trinajstić information content (AvgIpc) is 2.82. The number of anilines is 1. The fourth-order valence-corrected chi connectivity index (χ4v) is 2.38. The summed E-state index contributed by atoms with van der Waals surface area (Å²) in [5, 5.41) is 12.2. The third-order valence-corrected chi connectivity index (χ3v) is 3.46. The van der Waals surface area contributed by atoms with Gasteiger partial charge in [-0.1, -0.05) is 25.1 Å². The van der Waals surface area contributed by atoms with Gasteiger partial charge in [0.15, 0.2) is 0 Å². The quantitative estimate of drug-likeness (QED) is 0.848. The van der Waals surface area contributed by atoms with E-state index in [2.05, 4.69) is 5.32 Å². The van der Waals surface area contributed by atoms with Gasteiger partial charge in [0.05, 0.1) is 5.92 Å². The molecule has 2 N–H and O–H groups in total. The minimum absolute atomic E-state index is 0.119. The number of hydrogen-bond acceptors (Lipinski definition) is 3. The molecule has 1 fully saturated rings. The Labute approximate surface area is 112 Å². The summed E-state index contributed by atoms with van der Waals surface area (Å²) in [5.74, 6) is -1.05. The van der Waals surface area contributed by atoms with Gasteiger partial charge in [-0.25, -0.2) is 0 Å². The Morgan fingerprint density at radius 2 is 2.00 bits per heavy atom. The van der Waals surface area contributed by atoms with E-state index in [1.54, 1.807) is 24.3 Å². The standard InChI is InChI=1S/C14H18N2O3/c1-10-7-15-8-12(10)14(19)16(9-13(17)18)11-5-3-2-4-6-11/h2-6,10,12,15H,7-9H2,1H3,(H,17,18)/t10-,12-/m1/s1. The zero-order valence-electron chi connectivity index (χ0n) is 10.9. The first-order chi connectivity index (χ1) is 9.09. The van der Waals surface area contributed by atoms with Gasteiger partial charge >= 0.3 is 5.97 Å². The number of nitrogens with zero attached hydrogens (tertiary/aromatic N) is 1. The molecule has 1 aliphatic rings. The van der Waals surface area contributed by atoms with E-state index < -0.39 is 5.97 Å². The number of aliphatic carboxylic acids is 1. The number of carboxylic acids is 1. The topological polar surface area (TPSA) is 69.6 Å². The summed E-state index contributed by atoms with van der Waals surface area (Å²) >= 11 is 0. The fourth-order valence-electron chi connectivity index (χ4n) is 2.38. The monoisotopic (exact) mass is 262 g/mol. The maximum atomic E-state index is 12.5. The predicted octanol–water partition coefficient (Wildman–Crippen LogP) is 0.960. The molecule has 1 aliphatic heterocycles. The summed E-state index contributed by atoms with van der Waals surface area (Å²) in [6, 6.07) is 8.95. The Kier molecular flexibility index (Phi) is 4.16. The molecule has 0 saturated carbocycles. The molecule has 0 radical (unpaired) electrons. The second-order valence-corrected chi connectivity index (χ2v) is 4.90. The highest BCUT2D eigenvalue weighted by Gasteiger charge is 2.34. The zero-order chi connectivity index (χ0) is 13.8. The van der Waals surface area contributed by atoms with Crippen molar-refractivity contribution in [3.63, 3.8) is 0 Å². The lowest BCUT2D eigenvalue weighted by molar-refractivity contribution is -0.137. The highest BCUT2D eigenvalue weighted by atomic mass is 16.4. The minimum atomic E-state index is -1.00. The first-order valence-electron chi connectivity index (χ1n) is 6.38. The first-order valence-corrected chi connectivity index (χ1v) is 6.38. The van der Waals surface area contributed by atoms with Crippen LogP contribution in [0, 0.1) is 11.8 Å². The van der Waals surface area contributed by atoms with Gasteiger partial charge in [0.25, 0.3) is 0 Å². The fraction of sp³-hybridized carbons (Fsp3) is 0.429. The maximum absolute atomic E-state index is 12.5. The van der Waals surface area contributed by atoms with Crippen LogP contribution in [0.5, 0.6) is 0 Å². The van der Waals surface area contributed by atoms with Crippen LogP contribution < -0.4 is 10.2 Å². The van der Waals surface area contributed by atoms with Crippen LogP contribution in [-0.4, -0.2) is 36.6 Å². The average molecular weight is 262 g/mol. The van der Waals surface area contributed by atoms with Crippen LogP contribution in [0.1, 0.15) is 6.92 Å². The molecule has 0 spiro atoms. The van der Waals surface area contributed by atoms with E-state index in [-0.39, 0.29) is 24.3 Å². The molecule has 1 heterocycles. The molecule has 0 aliphatic carbocycles. The molecule has 2 rings (SSSR count). The zero-order valence-corrected chi connectivity index (χ0v) is 10.9. The van der Waals surface area contributed by atoms with Gasteiger partial charge in [-0.05, 0) is 24.6 Å². The van der Waals surface area contributed by atoms with E-state index in [1.807, 2.05) is 13.0 Å². The lowest BCUT2D eigenvalue weighted by Crippen LogP contribution is -2.42. The van der Waals surface area contributed by atoms with Crippen LogP contribution >= 0.6 is 0 Å². The van der Waals surface area contributed by atoms with E-state index in [9.17, 15) is 9.59 Å². The van der Waals surface area contributed by atoms with Crippen LogP contribution in [0.25, 0.3) is 0 Å². The maximum Gasteiger partial charge on any atom is 0.323 e. The van der Waals surface area contributed by atoms with Crippen LogP contribution in [0.15, 0.2) is 30.3 Å². The molecule has 102 valence electrons. The van der Waals surface area contributed by atoms with Crippen molar-refractivity contribution in [2.75, 3.05) is 24.5 Å². The van der Waals surface area contributed by atoms with Crippen LogP contribution in [0.4, 0.5) is 5.69 Å². The molecule has 5 nitrogen and oxygen atoms in total. The third-order valence-electron chi connectivity index (χ3n) is 3.46. The van der Waals surface area contributed by atoms with Crippen molar-refractivity contribution in [1.29, 1.82) is 0 Å². The third kappa shape index (κ3) is 3.12. The van der Waals surface area contributed by atoms with Gasteiger partial charge < -0.3 is 15.3 Å². The summed E-state index contributed by atoms with van der Waals surface area (Å²) in [5.41, 5.74) is 0.633. The molecule has 0 bridgehead atoms. The minimum Gasteiger partial charge on any atom is -0.480 e. The summed E-state index contributed by atoms with van der Waals surface area (Å²) in [6.45, 7) is 3.12. The summed E-state index contributed by atoms with van der Waals surface area (Å²) < 4.78 is 0. The van der Waals surface area contributed by atoms with E-state index >= 15 is 0 Å². The van der Waals surface area contributed by atoms with Crippen molar-refractivity contribution >= 4 is 17.6 Å². The van der Waals surface area contributed by atoms with Gasteiger partial charge in [0, 0.05) is 12.2 Å². The molecule has 1 aromatic carbocycles. The number of para-hydroxylation sites is 1. The highest BCUT2D eigenvalue weighted by molar-refractivity contribution is 5.99. The second kappa shape index (κ2) is 5.84. The van der Waals surface area contributed by atoms with Crippen molar-refractivity contribution in [2.45, 2.75) is 6.92 Å². The number of carboxylic acid groups (broad SMARTS) is 1. The number of carbonyl (C=O) groups is 2. The van der Waals surface area contributed by atoms with E-state index in [0.29, 0.717) is 12.2 Å². The van der Waals surface area contributed by atoms with Crippen molar-refractivity contribution < 1.29 is 14.7 Å². The number of hydrogen-bond donors (Lipinski definition) is 2. The molecule has 1 aromatic rings. The van der Waals surface area contributed by atoms with Gasteiger partial charge in [-0.15, -0.1) is 0 Å². The summed E-state index contributed by atoms with van der Waals surface area (Å²) in [4.78, 5) is 24.8. The van der Waals surface area contributed by atoms with Crippen molar-refractivity contribution in [3.05, 3.63) is 30.3 Å². The molecule has 5 heteroatoms. The first kappa shape index (κ1) is 13.5. The van der Waals surface area contributed by atoms with Gasteiger partial charge in [0.2, 0.25) is 5.91 Å². The largest absolute Gasteiger partial charge is 0.480 e. The lowest BCUT2D eigenvalue weighted by Gasteiger charge is -2.25. The highest BCUT2D eigenvalue weighted by Crippen LogP contribution is 2.22. The van der Waals surface area contributed by atoms with E-state index in [0.717, 1.165) is 6.54 Å². The Bertz CT molecular complexity index is 461. The molecule has 1 saturated heterocycles. The number of amides is 1. The smallest absolute Gasteiger partial charge is 0.323 e. The number of nitrogens with one attached hydrogen (secondary N) is 1. The van der Waals surface area contributed by atoms with Gasteiger partial charge in [0.1, 0.15) is 6.54 Å². The van der Waals surface area contributed by atoms with Crippen LogP contribution in [-0.2, 0) is 9.59 Å². The van der Waals surface area contributed by atoms with E-state index in [1.165, 1.54) is 4.90 Å². The van der Waals surface area contributed by atoms with Crippen LogP contribution in [0.2, 0.25) is 0 Å². The molecule has 2 atom stereocenters. The Balaban J connectivity index is 2.22. The molecule has 1 amide bonds. The second-order valence-electron chi connectivity index (χ2n) is 4.90. The Morgan fingerprint density at radius 1 is 1.32 bits per heavy atom. The van der Waals surface area contributed by atoms with Gasteiger partial charge in [-0.3, -0.25) is 9.59 Å². The molecular formula is C14H18N2O3. The molecule has 0 unspecified atom stereocenters. The van der Waals surface area contributed by atoms with Crippen LogP contribution in [0.3, 0.4) is 0 Å². The Hall–Kier alpha value is -1.88. The molecule has 19 heavy (non-hydrogen) atoms. The van der Waals surface area contributed by atoms with E-state index in [4.69, 9.17) is 5.11 Å². The lowest BCUT2D eigenvalue weighted by atomic mass is 9.96. The molecule has 0 aromatic heterocycles. The van der Waals surface area contributed by atoms with Crippen molar-refractivity contribution in [3.8, 4) is 0 Å². The predicted molar refractivity (Wildman–Crippen MR) is 72.0 cm³/mol. The normalized spacial score (nSPS) is 22.2. The number of carbonyl (C=O) groups excluding carboxylic acids is 1. The molecular weight excluding hydrogens is 244 g/mol. The summed E-state index contributed by atoms with van der Waals surface area (Å²) in [7, 11) is 0.